The number of amides is 2. The minimum Gasteiger partial charge on any atom is -0.454 e. The number of benzene rings is 1. The molecule has 3 heterocycles. The summed E-state index contributed by atoms with van der Waals surface area (Å²) in [5.74, 6) is 1.18. The van der Waals surface area contributed by atoms with E-state index in [0.717, 1.165) is 31.7 Å². The van der Waals surface area contributed by atoms with Gasteiger partial charge in [-0.3, -0.25) is 9.59 Å². The molecule has 28 heavy (non-hydrogen) atoms. The lowest BCUT2D eigenvalue weighted by Gasteiger charge is -2.32. The Morgan fingerprint density at radius 1 is 1.07 bits per heavy atom. The number of aromatic nitrogens is 1. The normalized spacial score (nSPS) is 15.9. The van der Waals surface area contributed by atoms with Crippen LogP contribution in [0.4, 0.5) is 11.5 Å². The minimum atomic E-state index is -0.690. The van der Waals surface area contributed by atoms with Gasteiger partial charge in [-0.2, -0.15) is 0 Å². The second-order valence-electron chi connectivity index (χ2n) is 6.85. The topological polar surface area (TPSA) is 92.8 Å². The molecular formula is C20H22N4O4. The molecule has 2 N–H and O–H groups in total. The first-order chi connectivity index (χ1) is 13.7. The zero-order chi connectivity index (χ0) is 19.3. The van der Waals surface area contributed by atoms with Gasteiger partial charge in [0.2, 0.25) is 6.79 Å². The summed E-state index contributed by atoms with van der Waals surface area (Å²) in [6.07, 6.45) is 3.68. The molecule has 1 saturated heterocycles. The summed E-state index contributed by atoms with van der Waals surface area (Å²) in [5, 5.41) is 5.32. The van der Waals surface area contributed by atoms with Crippen LogP contribution in [0.5, 0.6) is 11.5 Å². The van der Waals surface area contributed by atoms with Crippen LogP contribution in [0.25, 0.3) is 0 Å². The zero-order valence-electron chi connectivity index (χ0n) is 15.4. The highest BCUT2D eigenvalue weighted by molar-refractivity contribution is 6.39. The van der Waals surface area contributed by atoms with Crippen molar-refractivity contribution in [2.24, 2.45) is 5.92 Å². The van der Waals surface area contributed by atoms with E-state index in [9.17, 15) is 9.59 Å². The van der Waals surface area contributed by atoms with Crippen LogP contribution in [0, 0.1) is 5.92 Å². The maximum absolute atomic E-state index is 12.1. The van der Waals surface area contributed by atoms with Gasteiger partial charge in [-0.25, -0.2) is 4.98 Å². The van der Waals surface area contributed by atoms with Crippen molar-refractivity contribution in [3.63, 3.8) is 0 Å². The van der Waals surface area contributed by atoms with Crippen LogP contribution in [0.1, 0.15) is 12.8 Å². The number of anilines is 2. The van der Waals surface area contributed by atoms with Crippen LogP contribution < -0.4 is 25.0 Å². The SMILES string of the molecule is O=C(NCC1CCN(c2ccccn2)CC1)C(=O)Nc1ccc2c(c1)OCO2. The third-order valence-corrected chi connectivity index (χ3v) is 4.98. The summed E-state index contributed by atoms with van der Waals surface area (Å²) in [4.78, 5) is 30.8. The number of carbonyl (C=O) groups is 2. The van der Waals surface area contributed by atoms with Gasteiger partial charge in [-0.15, -0.1) is 0 Å². The molecule has 1 aromatic carbocycles. The van der Waals surface area contributed by atoms with E-state index in [2.05, 4.69) is 20.5 Å². The fourth-order valence-corrected chi connectivity index (χ4v) is 3.39. The lowest BCUT2D eigenvalue weighted by Crippen LogP contribution is -2.42. The number of hydrogen-bond donors (Lipinski definition) is 2. The van der Waals surface area contributed by atoms with Gasteiger partial charge in [0.15, 0.2) is 11.5 Å². The lowest BCUT2D eigenvalue weighted by molar-refractivity contribution is -0.136. The van der Waals surface area contributed by atoms with Crippen molar-refractivity contribution in [1.29, 1.82) is 0 Å². The molecule has 2 aliphatic heterocycles. The summed E-state index contributed by atoms with van der Waals surface area (Å²) >= 11 is 0. The minimum absolute atomic E-state index is 0.159. The van der Waals surface area contributed by atoms with Gasteiger partial charge in [0.25, 0.3) is 0 Å². The molecule has 0 atom stereocenters. The number of pyridine rings is 1. The second-order valence-corrected chi connectivity index (χ2v) is 6.85. The molecule has 0 aliphatic carbocycles. The maximum atomic E-state index is 12.1. The molecule has 8 heteroatoms. The van der Waals surface area contributed by atoms with E-state index in [1.807, 2.05) is 18.2 Å². The Morgan fingerprint density at radius 3 is 2.68 bits per heavy atom. The maximum Gasteiger partial charge on any atom is 0.313 e. The van der Waals surface area contributed by atoms with Gasteiger partial charge in [0.1, 0.15) is 5.82 Å². The molecule has 0 radical (unpaired) electrons. The number of hydrogen-bond acceptors (Lipinski definition) is 6. The molecule has 8 nitrogen and oxygen atoms in total. The average Bonchev–Trinajstić information content (AvgIpc) is 3.21. The number of ether oxygens (including phenoxy) is 2. The summed E-state index contributed by atoms with van der Waals surface area (Å²) in [6, 6.07) is 10.9. The molecular weight excluding hydrogens is 360 g/mol. The van der Waals surface area contributed by atoms with E-state index >= 15 is 0 Å². The van der Waals surface area contributed by atoms with E-state index in [0.29, 0.717) is 29.6 Å². The molecule has 146 valence electrons. The first-order valence-electron chi connectivity index (χ1n) is 9.34. The van der Waals surface area contributed by atoms with Crippen LogP contribution >= 0.6 is 0 Å². The van der Waals surface area contributed by atoms with E-state index in [1.54, 1.807) is 24.4 Å². The monoisotopic (exact) mass is 382 g/mol. The summed E-state index contributed by atoms with van der Waals surface area (Å²) in [7, 11) is 0. The number of rotatable bonds is 4. The quantitative estimate of drug-likeness (QED) is 0.783. The number of fused-ring (bicyclic) bond motifs is 1. The molecule has 0 unspecified atom stereocenters. The molecule has 1 aromatic heterocycles. The Labute approximate surface area is 162 Å². The molecule has 0 bridgehead atoms. The van der Waals surface area contributed by atoms with E-state index in [4.69, 9.17) is 9.47 Å². The highest BCUT2D eigenvalue weighted by Crippen LogP contribution is 2.34. The Morgan fingerprint density at radius 2 is 1.89 bits per heavy atom. The average molecular weight is 382 g/mol. The highest BCUT2D eigenvalue weighted by atomic mass is 16.7. The Bertz CT molecular complexity index is 851. The zero-order valence-corrected chi connectivity index (χ0v) is 15.4. The van der Waals surface area contributed by atoms with Crippen molar-refractivity contribution < 1.29 is 19.1 Å². The van der Waals surface area contributed by atoms with Crippen LogP contribution in [-0.2, 0) is 9.59 Å². The van der Waals surface area contributed by atoms with Crippen molar-refractivity contribution in [3.05, 3.63) is 42.6 Å². The van der Waals surface area contributed by atoms with Gasteiger partial charge in [0, 0.05) is 37.6 Å². The van der Waals surface area contributed by atoms with Crippen molar-refractivity contribution in [2.45, 2.75) is 12.8 Å². The first-order valence-corrected chi connectivity index (χ1v) is 9.34. The smallest absolute Gasteiger partial charge is 0.313 e. The predicted octanol–water partition coefficient (Wildman–Crippen LogP) is 1.78. The Kier molecular flexibility index (Phi) is 5.27. The third-order valence-electron chi connectivity index (χ3n) is 4.98. The first kappa shape index (κ1) is 18.1. The number of piperidine rings is 1. The van der Waals surface area contributed by atoms with Crippen LogP contribution in [0.3, 0.4) is 0 Å². The number of nitrogens with one attached hydrogen (secondary N) is 2. The van der Waals surface area contributed by atoms with Gasteiger partial charge < -0.3 is 25.0 Å². The molecule has 2 aliphatic rings. The summed E-state index contributed by atoms with van der Waals surface area (Å²) in [6.45, 7) is 2.43. The van der Waals surface area contributed by atoms with Gasteiger partial charge in [0.05, 0.1) is 0 Å². The molecule has 0 saturated carbocycles. The highest BCUT2D eigenvalue weighted by Gasteiger charge is 2.22. The van der Waals surface area contributed by atoms with E-state index in [1.165, 1.54) is 0 Å². The fourth-order valence-electron chi connectivity index (χ4n) is 3.39. The second kappa shape index (κ2) is 8.16. The molecule has 1 fully saturated rings. The fraction of sp³-hybridized carbons (Fsp3) is 0.350. The van der Waals surface area contributed by atoms with Crippen molar-refractivity contribution in [3.8, 4) is 11.5 Å². The number of carbonyl (C=O) groups excluding carboxylic acids is 2. The lowest BCUT2D eigenvalue weighted by atomic mass is 9.97. The predicted molar refractivity (Wildman–Crippen MR) is 103 cm³/mol. The van der Waals surface area contributed by atoms with Crippen LogP contribution in [0.2, 0.25) is 0 Å². The van der Waals surface area contributed by atoms with E-state index < -0.39 is 11.8 Å². The van der Waals surface area contributed by atoms with Gasteiger partial charge in [-0.1, -0.05) is 6.07 Å². The third kappa shape index (κ3) is 4.16. The van der Waals surface area contributed by atoms with Crippen molar-refractivity contribution >= 4 is 23.3 Å². The van der Waals surface area contributed by atoms with Crippen molar-refractivity contribution in [1.82, 2.24) is 10.3 Å². The molecule has 4 rings (SSSR count). The van der Waals surface area contributed by atoms with E-state index in [-0.39, 0.29) is 6.79 Å². The molecule has 2 aromatic rings. The Balaban J connectivity index is 1.22. The van der Waals surface area contributed by atoms with Gasteiger partial charge >= 0.3 is 11.8 Å². The summed E-state index contributed by atoms with van der Waals surface area (Å²) in [5.41, 5.74) is 0.494. The van der Waals surface area contributed by atoms with Crippen LogP contribution in [-0.4, -0.2) is 43.2 Å². The molecule has 0 spiro atoms. The van der Waals surface area contributed by atoms with Gasteiger partial charge in [-0.05, 0) is 43.0 Å². The van der Waals surface area contributed by atoms with Crippen LogP contribution in [0.15, 0.2) is 42.6 Å². The summed E-state index contributed by atoms with van der Waals surface area (Å²) < 4.78 is 10.5. The molecule has 2 amide bonds. The largest absolute Gasteiger partial charge is 0.454 e. The Hall–Kier alpha value is -3.29. The van der Waals surface area contributed by atoms with Crippen molar-refractivity contribution in [2.75, 3.05) is 36.6 Å². The number of nitrogens with zero attached hydrogens (tertiary/aromatic N) is 2. The standard InChI is InChI=1S/C20H22N4O4/c25-19(20(26)23-15-4-5-16-17(11-15)28-13-27-16)22-12-14-6-9-24(10-7-14)18-3-1-2-8-21-18/h1-5,8,11,14H,6-7,9-10,12-13H2,(H,22,25)(H,23,26).